The molecule has 1 aromatic heterocycles. The van der Waals surface area contributed by atoms with Crippen LogP contribution in [0.2, 0.25) is 0 Å². The third kappa shape index (κ3) is 3.59. The Balaban J connectivity index is 1.66. The summed E-state index contributed by atoms with van der Waals surface area (Å²) in [6, 6.07) is 9.59. The topological polar surface area (TPSA) is 70.4 Å². The molecule has 1 fully saturated rings. The number of hydrogen-bond donors (Lipinski definition) is 2. The van der Waals surface area contributed by atoms with Crippen molar-refractivity contribution in [3.8, 4) is 0 Å². The predicted molar refractivity (Wildman–Crippen MR) is 94.5 cm³/mol. The third-order valence-corrected chi connectivity index (χ3v) is 4.36. The standard InChI is InChI=1S/C18H24N4O2/c1-13(2)22-17(7-10-19-22)20-18(24)14-3-5-15(6-4-14)21-11-8-16(23)9-12-21/h3-7,10,13,16,23H,8-9,11-12H2,1-2H3,(H,20,24). The van der Waals surface area contributed by atoms with Crippen molar-refractivity contribution in [2.75, 3.05) is 23.3 Å². The average Bonchev–Trinajstić information content (AvgIpc) is 3.04. The first-order valence-corrected chi connectivity index (χ1v) is 8.42. The number of aliphatic hydroxyl groups is 1. The molecule has 3 rings (SSSR count). The first kappa shape index (κ1) is 16.5. The Hall–Kier alpha value is -2.34. The zero-order valence-corrected chi connectivity index (χ0v) is 14.1. The molecular weight excluding hydrogens is 304 g/mol. The van der Waals surface area contributed by atoms with Gasteiger partial charge in [0.05, 0.1) is 12.3 Å². The second kappa shape index (κ2) is 7.05. The molecule has 2 aromatic rings. The van der Waals surface area contributed by atoms with Crippen LogP contribution in [0.15, 0.2) is 36.5 Å². The molecule has 0 bridgehead atoms. The summed E-state index contributed by atoms with van der Waals surface area (Å²) in [6.45, 7) is 5.74. The van der Waals surface area contributed by atoms with Gasteiger partial charge in [0.15, 0.2) is 0 Å². The van der Waals surface area contributed by atoms with Crippen LogP contribution in [0.5, 0.6) is 0 Å². The van der Waals surface area contributed by atoms with Crippen molar-refractivity contribution >= 4 is 17.4 Å². The van der Waals surface area contributed by atoms with Crippen LogP contribution in [0.25, 0.3) is 0 Å². The van der Waals surface area contributed by atoms with Gasteiger partial charge in [-0.15, -0.1) is 0 Å². The number of aliphatic hydroxyl groups excluding tert-OH is 1. The van der Waals surface area contributed by atoms with Gasteiger partial charge < -0.3 is 15.3 Å². The minimum atomic E-state index is -0.183. The van der Waals surface area contributed by atoms with E-state index >= 15 is 0 Å². The van der Waals surface area contributed by atoms with E-state index in [1.807, 2.05) is 38.1 Å². The van der Waals surface area contributed by atoms with E-state index in [-0.39, 0.29) is 18.1 Å². The van der Waals surface area contributed by atoms with Crippen molar-refractivity contribution in [2.24, 2.45) is 0 Å². The maximum absolute atomic E-state index is 12.4. The smallest absolute Gasteiger partial charge is 0.256 e. The molecule has 1 aromatic carbocycles. The van der Waals surface area contributed by atoms with E-state index in [4.69, 9.17) is 0 Å². The van der Waals surface area contributed by atoms with Gasteiger partial charge in [0.25, 0.3) is 5.91 Å². The number of piperidine rings is 1. The van der Waals surface area contributed by atoms with Gasteiger partial charge >= 0.3 is 0 Å². The molecule has 0 spiro atoms. The lowest BCUT2D eigenvalue weighted by atomic mass is 10.1. The van der Waals surface area contributed by atoms with Crippen LogP contribution in [0, 0.1) is 0 Å². The SMILES string of the molecule is CC(C)n1nccc1NC(=O)c1ccc(N2CCC(O)CC2)cc1. The highest BCUT2D eigenvalue weighted by molar-refractivity contribution is 6.04. The summed E-state index contributed by atoms with van der Waals surface area (Å²) in [5.74, 6) is 0.558. The second-order valence-electron chi connectivity index (χ2n) is 6.47. The summed E-state index contributed by atoms with van der Waals surface area (Å²) < 4.78 is 1.78. The van der Waals surface area contributed by atoms with Crippen LogP contribution in [-0.4, -0.2) is 40.0 Å². The zero-order chi connectivity index (χ0) is 17.1. The number of nitrogens with one attached hydrogen (secondary N) is 1. The van der Waals surface area contributed by atoms with Crippen molar-refractivity contribution in [1.29, 1.82) is 0 Å². The van der Waals surface area contributed by atoms with Gasteiger partial charge in [-0.05, 0) is 51.0 Å². The Morgan fingerprint density at radius 3 is 2.50 bits per heavy atom. The quantitative estimate of drug-likeness (QED) is 0.905. The molecule has 128 valence electrons. The molecular formula is C18H24N4O2. The number of rotatable bonds is 4. The fraction of sp³-hybridized carbons (Fsp3) is 0.444. The van der Waals surface area contributed by atoms with E-state index in [9.17, 15) is 9.90 Å². The van der Waals surface area contributed by atoms with Crippen molar-refractivity contribution in [3.05, 3.63) is 42.1 Å². The first-order valence-electron chi connectivity index (χ1n) is 8.42. The maximum atomic E-state index is 12.4. The summed E-state index contributed by atoms with van der Waals surface area (Å²) in [5.41, 5.74) is 1.71. The van der Waals surface area contributed by atoms with Gasteiger partial charge in [0.2, 0.25) is 0 Å². The lowest BCUT2D eigenvalue weighted by Gasteiger charge is -2.31. The summed E-state index contributed by atoms with van der Waals surface area (Å²) in [5, 5.41) is 16.7. The Morgan fingerprint density at radius 1 is 1.21 bits per heavy atom. The fourth-order valence-corrected chi connectivity index (χ4v) is 2.96. The molecule has 6 nitrogen and oxygen atoms in total. The fourth-order valence-electron chi connectivity index (χ4n) is 2.96. The van der Waals surface area contributed by atoms with Crippen LogP contribution in [0.4, 0.5) is 11.5 Å². The number of carbonyl (C=O) groups is 1. The lowest BCUT2D eigenvalue weighted by Crippen LogP contribution is -2.35. The van der Waals surface area contributed by atoms with E-state index in [0.717, 1.165) is 31.6 Å². The molecule has 1 amide bonds. The van der Waals surface area contributed by atoms with Gasteiger partial charge in [-0.1, -0.05) is 0 Å². The van der Waals surface area contributed by atoms with Gasteiger partial charge in [0.1, 0.15) is 5.82 Å². The minimum absolute atomic E-state index is 0.141. The number of aromatic nitrogens is 2. The number of amides is 1. The number of carbonyl (C=O) groups excluding carboxylic acids is 1. The highest BCUT2D eigenvalue weighted by Crippen LogP contribution is 2.21. The summed E-state index contributed by atoms with van der Waals surface area (Å²) >= 11 is 0. The molecule has 1 saturated heterocycles. The third-order valence-electron chi connectivity index (χ3n) is 4.36. The van der Waals surface area contributed by atoms with Crippen molar-refractivity contribution in [1.82, 2.24) is 9.78 Å². The van der Waals surface area contributed by atoms with Crippen LogP contribution in [-0.2, 0) is 0 Å². The van der Waals surface area contributed by atoms with Crippen molar-refractivity contribution < 1.29 is 9.90 Å². The average molecular weight is 328 g/mol. The Bertz CT molecular complexity index is 685. The number of benzene rings is 1. The molecule has 24 heavy (non-hydrogen) atoms. The molecule has 0 atom stereocenters. The van der Waals surface area contributed by atoms with Gasteiger partial charge in [-0.3, -0.25) is 4.79 Å². The molecule has 0 saturated carbocycles. The Kier molecular flexibility index (Phi) is 4.85. The monoisotopic (exact) mass is 328 g/mol. The first-order chi connectivity index (χ1) is 11.5. The predicted octanol–water partition coefficient (Wildman–Crippen LogP) is 2.68. The molecule has 0 radical (unpaired) electrons. The number of anilines is 2. The van der Waals surface area contributed by atoms with E-state index in [2.05, 4.69) is 15.3 Å². The van der Waals surface area contributed by atoms with Crippen LogP contribution < -0.4 is 10.2 Å². The van der Waals surface area contributed by atoms with E-state index in [0.29, 0.717) is 11.4 Å². The number of nitrogens with zero attached hydrogens (tertiary/aromatic N) is 3. The van der Waals surface area contributed by atoms with Gasteiger partial charge in [0, 0.05) is 36.4 Å². The van der Waals surface area contributed by atoms with Crippen molar-refractivity contribution in [3.63, 3.8) is 0 Å². The molecule has 1 aliphatic rings. The molecule has 2 N–H and O–H groups in total. The molecule has 6 heteroatoms. The Morgan fingerprint density at radius 2 is 1.88 bits per heavy atom. The lowest BCUT2D eigenvalue weighted by molar-refractivity contribution is 0.102. The minimum Gasteiger partial charge on any atom is -0.393 e. The molecule has 1 aliphatic heterocycles. The summed E-state index contributed by atoms with van der Waals surface area (Å²) in [7, 11) is 0. The Labute approximate surface area is 142 Å². The largest absolute Gasteiger partial charge is 0.393 e. The maximum Gasteiger partial charge on any atom is 0.256 e. The van der Waals surface area contributed by atoms with Gasteiger partial charge in [-0.25, -0.2) is 4.68 Å². The summed E-state index contributed by atoms with van der Waals surface area (Å²) in [6.07, 6.45) is 3.09. The zero-order valence-electron chi connectivity index (χ0n) is 14.1. The second-order valence-corrected chi connectivity index (χ2v) is 6.47. The van der Waals surface area contributed by atoms with E-state index in [1.54, 1.807) is 16.9 Å². The molecule has 2 heterocycles. The van der Waals surface area contributed by atoms with E-state index in [1.165, 1.54) is 0 Å². The van der Waals surface area contributed by atoms with Crippen LogP contribution in [0.1, 0.15) is 43.1 Å². The van der Waals surface area contributed by atoms with Crippen LogP contribution in [0.3, 0.4) is 0 Å². The molecule has 0 aliphatic carbocycles. The van der Waals surface area contributed by atoms with Crippen molar-refractivity contribution in [2.45, 2.75) is 38.8 Å². The highest BCUT2D eigenvalue weighted by atomic mass is 16.3. The van der Waals surface area contributed by atoms with E-state index < -0.39 is 0 Å². The van der Waals surface area contributed by atoms with Gasteiger partial charge in [-0.2, -0.15) is 5.10 Å². The highest BCUT2D eigenvalue weighted by Gasteiger charge is 2.17. The van der Waals surface area contributed by atoms with Crippen LogP contribution >= 0.6 is 0 Å². The number of hydrogen-bond acceptors (Lipinski definition) is 4. The summed E-state index contributed by atoms with van der Waals surface area (Å²) in [4.78, 5) is 14.7. The molecule has 0 unspecified atom stereocenters. The normalized spacial score (nSPS) is 15.8.